The zero-order chi connectivity index (χ0) is 24.1. The minimum atomic E-state index is -0.862. The lowest BCUT2D eigenvalue weighted by molar-refractivity contribution is 0.0323. The van der Waals surface area contributed by atoms with Crippen molar-refractivity contribution in [3.63, 3.8) is 0 Å². The first-order valence-corrected chi connectivity index (χ1v) is 11.5. The van der Waals surface area contributed by atoms with Crippen LogP contribution < -0.4 is 15.4 Å². The van der Waals surface area contributed by atoms with Crippen molar-refractivity contribution < 1.29 is 23.0 Å². The zero-order valence-corrected chi connectivity index (χ0v) is 20.1. The van der Waals surface area contributed by atoms with Crippen molar-refractivity contribution in [1.82, 2.24) is 14.7 Å². The van der Waals surface area contributed by atoms with Gasteiger partial charge >= 0.3 is 6.03 Å². The number of rotatable bonds is 7. The average Bonchev–Trinajstić information content (AvgIpc) is 3.15. The summed E-state index contributed by atoms with van der Waals surface area (Å²) >= 11 is 3.52. The molecule has 2 N–H and O–H groups in total. The van der Waals surface area contributed by atoms with E-state index in [1.165, 1.54) is 0 Å². The van der Waals surface area contributed by atoms with Gasteiger partial charge in [-0.05, 0) is 46.3 Å². The first-order valence-electron chi connectivity index (χ1n) is 10.7. The summed E-state index contributed by atoms with van der Waals surface area (Å²) in [7, 11) is 1.81. The molecule has 0 radical (unpaired) electrons. The molecule has 34 heavy (non-hydrogen) atoms. The van der Waals surface area contributed by atoms with Crippen molar-refractivity contribution in [3.8, 4) is 17.0 Å². The predicted molar refractivity (Wildman–Crippen MR) is 128 cm³/mol. The van der Waals surface area contributed by atoms with E-state index in [4.69, 9.17) is 9.47 Å². The number of nitrogens with one attached hydrogen (secondary N) is 2. The molecule has 11 heteroatoms. The van der Waals surface area contributed by atoms with E-state index in [9.17, 15) is 13.6 Å². The first-order chi connectivity index (χ1) is 16.4. The molecule has 4 rings (SSSR count). The molecule has 0 aliphatic carbocycles. The Morgan fingerprint density at radius 3 is 2.68 bits per heavy atom. The molecule has 2 amide bonds. The highest BCUT2D eigenvalue weighted by Gasteiger charge is 2.17. The summed E-state index contributed by atoms with van der Waals surface area (Å²) in [6, 6.07) is 7.48. The minimum Gasteiger partial charge on any atom is -0.492 e. The van der Waals surface area contributed by atoms with Crippen LogP contribution in [0.4, 0.5) is 25.0 Å². The molecule has 1 aliphatic heterocycles. The van der Waals surface area contributed by atoms with E-state index >= 15 is 0 Å². The molecule has 8 nitrogen and oxygen atoms in total. The third kappa shape index (κ3) is 5.91. The molecule has 2 heterocycles. The van der Waals surface area contributed by atoms with E-state index in [0.717, 1.165) is 60.7 Å². The Hall–Kier alpha value is -3.02. The summed E-state index contributed by atoms with van der Waals surface area (Å²) in [5.41, 5.74) is 1.83. The van der Waals surface area contributed by atoms with Gasteiger partial charge in [0.1, 0.15) is 24.0 Å². The van der Waals surface area contributed by atoms with E-state index in [1.54, 1.807) is 29.1 Å². The zero-order valence-electron chi connectivity index (χ0n) is 18.5. The fourth-order valence-corrected chi connectivity index (χ4v) is 4.18. The summed E-state index contributed by atoms with van der Waals surface area (Å²) in [4.78, 5) is 14.7. The molecule has 0 atom stereocenters. The number of benzene rings is 2. The van der Waals surface area contributed by atoms with Crippen LogP contribution >= 0.6 is 15.9 Å². The largest absolute Gasteiger partial charge is 0.492 e. The molecule has 0 spiro atoms. The Kier molecular flexibility index (Phi) is 7.76. The topological polar surface area (TPSA) is 80.7 Å². The van der Waals surface area contributed by atoms with Gasteiger partial charge in [-0.25, -0.2) is 13.6 Å². The number of anilines is 2. The van der Waals surface area contributed by atoms with Crippen molar-refractivity contribution >= 4 is 33.3 Å². The van der Waals surface area contributed by atoms with Crippen LogP contribution in [0.2, 0.25) is 0 Å². The smallest absolute Gasteiger partial charge is 0.323 e. The normalized spacial score (nSPS) is 14.1. The summed E-state index contributed by atoms with van der Waals surface area (Å²) in [5.74, 6) is -0.953. The third-order valence-electron chi connectivity index (χ3n) is 5.33. The number of nitrogens with zero attached hydrogens (tertiary/aromatic N) is 3. The molecule has 0 saturated carbocycles. The maximum absolute atomic E-state index is 13.9. The molecule has 0 bridgehead atoms. The molecule has 1 aliphatic rings. The van der Waals surface area contributed by atoms with Crippen molar-refractivity contribution in [1.29, 1.82) is 0 Å². The second-order valence-corrected chi connectivity index (χ2v) is 8.54. The quantitative estimate of drug-likeness (QED) is 0.466. The fourth-order valence-electron chi connectivity index (χ4n) is 3.62. The monoisotopic (exact) mass is 535 g/mol. The van der Waals surface area contributed by atoms with Crippen molar-refractivity contribution in [3.05, 3.63) is 58.7 Å². The van der Waals surface area contributed by atoms with Gasteiger partial charge in [0.2, 0.25) is 0 Å². The van der Waals surface area contributed by atoms with Gasteiger partial charge in [-0.15, -0.1) is 0 Å². The van der Waals surface area contributed by atoms with Crippen molar-refractivity contribution in [2.45, 2.75) is 0 Å². The lowest BCUT2D eigenvalue weighted by Crippen LogP contribution is -2.38. The average molecular weight is 536 g/mol. The van der Waals surface area contributed by atoms with Gasteiger partial charge in [-0.1, -0.05) is 0 Å². The third-order valence-corrected chi connectivity index (χ3v) is 5.92. The summed E-state index contributed by atoms with van der Waals surface area (Å²) in [6.45, 7) is 4.43. The molecule has 1 saturated heterocycles. The number of ether oxygens (including phenoxy) is 2. The number of hydrogen-bond donors (Lipinski definition) is 2. The van der Waals surface area contributed by atoms with Gasteiger partial charge in [-0.2, -0.15) is 5.10 Å². The van der Waals surface area contributed by atoms with E-state index < -0.39 is 17.7 Å². The minimum absolute atomic E-state index is 0.128. The van der Waals surface area contributed by atoms with Gasteiger partial charge in [0.05, 0.1) is 35.3 Å². The van der Waals surface area contributed by atoms with Crippen LogP contribution in [0.25, 0.3) is 11.3 Å². The maximum Gasteiger partial charge on any atom is 0.323 e. The number of amides is 2. The summed E-state index contributed by atoms with van der Waals surface area (Å²) < 4.78 is 40.9. The van der Waals surface area contributed by atoms with Crippen LogP contribution in [0.5, 0.6) is 5.75 Å². The highest BCUT2D eigenvalue weighted by Crippen LogP contribution is 2.36. The molecular weight excluding hydrogens is 512 g/mol. The number of hydrogen-bond acceptors (Lipinski definition) is 5. The van der Waals surface area contributed by atoms with Gasteiger partial charge < -0.3 is 20.1 Å². The number of morpholine rings is 1. The Labute approximate surface area is 204 Å². The number of carbonyl (C=O) groups excluding carboxylic acids is 1. The number of carbonyl (C=O) groups is 1. The van der Waals surface area contributed by atoms with E-state index in [2.05, 4.69) is 36.6 Å². The predicted octanol–water partition coefficient (Wildman–Crippen LogP) is 4.48. The number of aryl methyl sites for hydroxylation is 1. The van der Waals surface area contributed by atoms with Crippen molar-refractivity contribution in [2.75, 3.05) is 50.1 Å². The number of aromatic nitrogens is 2. The number of urea groups is 1. The van der Waals surface area contributed by atoms with E-state index in [0.29, 0.717) is 24.1 Å². The summed E-state index contributed by atoms with van der Waals surface area (Å²) in [5, 5.41) is 9.33. The SMILES string of the molecule is Cn1ncc(Br)c1-c1cc(NC(=O)Nc2ccc(F)cc2F)ccc1OCCN1CCOCC1. The Morgan fingerprint density at radius 1 is 1.18 bits per heavy atom. The second-order valence-electron chi connectivity index (χ2n) is 7.68. The second kappa shape index (κ2) is 10.9. The highest BCUT2D eigenvalue weighted by molar-refractivity contribution is 9.10. The highest BCUT2D eigenvalue weighted by atomic mass is 79.9. The lowest BCUT2D eigenvalue weighted by Gasteiger charge is -2.26. The molecule has 1 fully saturated rings. The fraction of sp³-hybridized carbons (Fsp3) is 0.304. The van der Waals surface area contributed by atoms with Gasteiger partial charge in [0, 0.05) is 44.0 Å². The van der Waals surface area contributed by atoms with Crippen LogP contribution in [-0.2, 0) is 11.8 Å². The van der Waals surface area contributed by atoms with Crippen LogP contribution in [0.15, 0.2) is 47.1 Å². The molecular formula is C23H24BrF2N5O3. The molecule has 180 valence electrons. The van der Waals surface area contributed by atoms with Gasteiger partial charge in [0.15, 0.2) is 0 Å². The van der Waals surface area contributed by atoms with Crippen LogP contribution in [-0.4, -0.2) is 60.2 Å². The maximum atomic E-state index is 13.9. The lowest BCUT2D eigenvalue weighted by atomic mass is 10.1. The standard InChI is InChI=1S/C23H24BrF2N5O3/c1-30-22(18(24)14-27-30)17-13-16(28-23(32)29-20-4-2-15(25)12-19(20)26)3-5-21(17)34-11-8-31-6-9-33-10-7-31/h2-5,12-14H,6-11H2,1H3,(H2,28,29,32). The van der Waals surface area contributed by atoms with Crippen LogP contribution in [0.1, 0.15) is 0 Å². The van der Waals surface area contributed by atoms with Gasteiger partial charge in [0.25, 0.3) is 0 Å². The Bertz CT molecular complexity index is 1150. The molecule has 2 aromatic carbocycles. The van der Waals surface area contributed by atoms with Crippen molar-refractivity contribution in [2.24, 2.45) is 7.05 Å². The Balaban J connectivity index is 1.51. The molecule has 0 unspecified atom stereocenters. The molecule has 3 aromatic rings. The first kappa shape index (κ1) is 24.1. The van der Waals surface area contributed by atoms with E-state index in [-0.39, 0.29) is 5.69 Å². The van der Waals surface area contributed by atoms with Gasteiger partial charge in [-0.3, -0.25) is 9.58 Å². The van der Waals surface area contributed by atoms with E-state index in [1.807, 2.05) is 7.05 Å². The number of halogens is 3. The summed E-state index contributed by atoms with van der Waals surface area (Å²) in [6.07, 6.45) is 1.68. The molecule has 1 aromatic heterocycles. The Morgan fingerprint density at radius 2 is 1.97 bits per heavy atom. The van der Waals surface area contributed by atoms with Crippen LogP contribution in [0.3, 0.4) is 0 Å². The van der Waals surface area contributed by atoms with Crippen LogP contribution in [0, 0.1) is 11.6 Å².